The van der Waals surface area contributed by atoms with Crippen LogP contribution in [0, 0.1) is 0 Å². The SMILES string of the molecule is CC(C)(C)Oc1ccc(OCc2cccc(COc3ccc(OC(C)(C)C)cc3)c2)cc1. The first-order valence-corrected chi connectivity index (χ1v) is 11.0. The summed E-state index contributed by atoms with van der Waals surface area (Å²) in [6.07, 6.45) is 0. The molecule has 0 aliphatic rings. The van der Waals surface area contributed by atoms with E-state index in [0.717, 1.165) is 34.1 Å². The molecule has 0 fully saturated rings. The Morgan fingerprint density at radius 3 is 1.19 bits per heavy atom. The van der Waals surface area contributed by atoms with Gasteiger partial charge in [-0.3, -0.25) is 0 Å². The van der Waals surface area contributed by atoms with Gasteiger partial charge in [-0.2, -0.15) is 0 Å². The first-order valence-electron chi connectivity index (χ1n) is 11.0. The van der Waals surface area contributed by atoms with Gasteiger partial charge in [-0.25, -0.2) is 0 Å². The second kappa shape index (κ2) is 9.99. The fraction of sp³-hybridized carbons (Fsp3) is 0.357. The first-order chi connectivity index (χ1) is 15.1. The van der Waals surface area contributed by atoms with E-state index < -0.39 is 0 Å². The molecular weight excluding hydrogens is 400 g/mol. The molecule has 0 atom stereocenters. The number of hydrogen-bond donors (Lipinski definition) is 0. The van der Waals surface area contributed by atoms with Crippen molar-refractivity contribution in [3.8, 4) is 23.0 Å². The van der Waals surface area contributed by atoms with Crippen molar-refractivity contribution in [1.29, 1.82) is 0 Å². The molecule has 0 heterocycles. The molecule has 3 aromatic rings. The summed E-state index contributed by atoms with van der Waals surface area (Å²) in [5, 5.41) is 0. The second-order valence-corrected chi connectivity index (χ2v) is 9.77. The first kappa shape index (κ1) is 23.5. The maximum atomic E-state index is 5.94. The third kappa shape index (κ3) is 8.18. The summed E-state index contributed by atoms with van der Waals surface area (Å²) in [6, 6.07) is 23.7. The van der Waals surface area contributed by atoms with Gasteiger partial charge in [0.1, 0.15) is 47.4 Å². The topological polar surface area (TPSA) is 36.9 Å². The van der Waals surface area contributed by atoms with Crippen LogP contribution < -0.4 is 18.9 Å². The maximum Gasteiger partial charge on any atom is 0.120 e. The summed E-state index contributed by atoms with van der Waals surface area (Å²) >= 11 is 0. The average molecular weight is 435 g/mol. The van der Waals surface area contributed by atoms with Gasteiger partial charge in [0.05, 0.1) is 0 Å². The van der Waals surface area contributed by atoms with Crippen LogP contribution >= 0.6 is 0 Å². The smallest absolute Gasteiger partial charge is 0.120 e. The predicted molar refractivity (Wildman–Crippen MR) is 129 cm³/mol. The summed E-state index contributed by atoms with van der Waals surface area (Å²) in [5.74, 6) is 3.29. The Morgan fingerprint density at radius 2 is 0.844 bits per heavy atom. The number of ether oxygens (including phenoxy) is 4. The van der Waals surface area contributed by atoms with E-state index in [1.165, 1.54) is 0 Å². The van der Waals surface area contributed by atoms with Crippen molar-refractivity contribution in [2.75, 3.05) is 0 Å². The predicted octanol–water partition coefficient (Wildman–Crippen LogP) is 7.20. The molecule has 170 valence electrons. The molecule has 0 unspecified atom stereocenters. The Kier molecular flexibility index (Phi) is 7.34. The van der Waals surface area contributed by atoms with Crippen LogP contribution in [0.4, 0.5) is 0 Å². The van der Waals surface area contributed by atoms with Crippen LogP contribution in [0.1, 0.15) is 52.7 Å². The standard InChI is InChI=1S/C28H34O4/c1-27(2,3)31-25-14-10-23(11-15-25)29-19-21-8-7-9-22(18-21)20-30-24-12-16-26(17-13-24)32-28(4,5)6/h7-18H,19-20H2,1-6H3. The van der Waals surface area contributed by atoms with Crippen LogP contribution in [0.25, 0.3) is 0 Å². The Bertz CT molecular complexity index is 899. The summed E-state index contributed by atoms with van der Waals surface area (Å²) in [7, 11) is 0. The number of rotatable bonds is 8. The maximum absolute atomic E-state index is 5.94. The van der Waals surface area contributed by atoms with E-state index in [0.29, 0.717) is 13.2 Å². The second-order valence-electron chi connectivity index (χ2n) is 9.77. The van der Waals surface area contributed by atoms with Gasteiger partial charge < -0.3 is 18.9 Å². The van der Waals surface area contributed by atoms with E-state index in [-0.39, 0.29) is 11.2 Å². The molecule has 0 saturated heterocycles. The lowest BCUT2D eigenvalue weighted by Crippen LogP contribution is -2.22. The highest BCUT2D eigenvalue weighted by atomic mass is 16.5. The minimum Gasteiger partial charge on any atom is -0.489 e. The molecule has 0 aromatic heterocycles. The van der Waals surface area contributed by atoms with Crippen LogP contribution in [0.15, 0.2) is 72.8 Å². The molecule has 0 aliphatic carbocycles. The molecule has 0 amide bonds. The Hall–Kier alpha value is -3.14. The highest BCUT2D eigenvalue weighted by Crippen LogP contribution is 2.24. The van der Waals surface area contributed by atoms with Gasteiger partial charge in [0.2, 0.25) is 0 Å². The van der Waals surface area contributed by atoms with Crippen molar-refractivity contribution in [3.63, 3.8) is 0 Å². The summed E-state index contributed by atoms with van der Waals surface area (Å²) in [5.41, 5.74) is 1.75. The fourth-order valence-electron chi connectivity index (χ4n) is 3.06. The van der Waals surface area contributed by atoms with E-state index >= 15 is 0 Å². The minimum absolute atomic E-state index is 0.215. The van der Waals surface area contributed by atoms with Crippen molar-refractivity contribution in [1.82, 2.24) is 0 Å². The van der Waals surface area contributed by atoms with Crippen LogP contribution in [-0.2, 0) is 13.2 Å². The van der Waals surface area contributed by atoms with E-state index in [4.69, 9.17) is 18.9 Å². The average Bonchev–Trinajstić information content (AvgIpc) is 2.71. The normalized spacial score (nSPS) is 11.7. The zero-order valence-corrected chi connectivity index (χ0v) is 20.0. The van der Waals surface area contributed by atoms with Crippen LogP contribution in [0.3, 0.4) is 0 Å². The molecule has 4 heteroatoms. The zero-order chi connectivity index (χ0) is 23.2. The monoisotopic (exact) mass is 434 g/mol. The molecule has 32 heavy (non-hydrogen) atoms. The molecule has 3 aromatic carbocycles. The van der Waals surface area contributed by atoms with Gasteiger partial charge >= 0.3 is 0 Å². The summed E-state index contributed by atoms with van der Waals surface area (Å²) < 4.78 is 23.6. The zero-order valence-electron chi connectivity index (χ0n) is 20.0. The number of benzene rings is 3. The third-order valence-electron chi connectivity index (χ3n) is 4.30. The van der Waals surface area contributed by atoms with Crippen molar-refractivity contribution in [2.24, 2.45) is 0 Å². The van der Waals surface area contributed by atoms with E-state index in [2.05, 4.69) is 18.2 Å². The van der Waals surface area contributed by atoms with E-state index in [1.54, 1.807) is 0 Å². The molecule has 0 spiro atoms. The third-order valence-corrected chi connectivity index (χ3v) is 4.30. The van der Waals surface area contributed by atoms with E-state index in [9.17, 15) is 0 Å². The van der Waals surface area contributed by atoms with Gasteiger partial charge in [-0.15, -0.1) is 0 Å². The molecule has 0 bridgehead atoms. The van der Waals surface area contributed by atoms with Gasteiger partial charge in [0.25, 0.3) is 0 Å². The van der Waals surface area contributed by atoms with Crippen molar-refractivity contribution >= 4 is 0 Å². The van der Waals surface area contributed by atoms with Crippen molar-refractivity contribution < 1.29 is 18.9 Å². The van der Waals surface area contributed by atoms with Crippen LogP contribution in [-0.4, -0.2) is 11.2 Å². The molecule has 0 N–H and O–H groups in total. The molecule has 0 saturated carbocycles. The van der Waals surface area contributed by atoms with Gasteiger partial charge in [-0.1, -0.05) is 18.2 Å². The molecule has 4 nitrogen and oxygen atoms in total. The lowest BCUT2D eigenvalue weighted by molar-refractivity contribution is 0.130. The van der Waals surface area contributed by atoms with Crippen LogP contribution in [0.5, 0.6) is 23.0 Å². The largest absolute Gasteiger partial charge is 0.489 e. The lowest BCUT2D eigenvalue weighted by Gasteiger charge is -2.21. The van der Waals surface area contributed by atoms with Crippen molar-refractivity contribution in [2.45, 2.75) is 66.0 Å². The molecule has 0 radical (unpaired) electrons. The Labute approximate surface area is 192 Å². The lowest BCUT2D eigenvalue weighted by atomic mass is 10.1. The van der Waals surface area contributed by atoms with E-state index in [1.807, 2.05) is 96.1 Å². The molecular formula is C28H34O4. The quantitative estimate of drug-likeness (QED) is 0.376. The summed E-state index contributed by atoms with van der Waals surface area (Å²) in [6.45, 7) is 13.2. The van der Waals surface area contributed by atoms with Gasteiger partial charge in [0, 0.05) is 0 Å². The Morgan fingerprint density at radius 1 is 0.500 bits per heavy atom. The van der Waals surface area contributed by atoms with Crippen molar-refractivity contribution in [3.05, 3.63) is 83.9 Å². The molecule has 3 rings (SSSR count). The highest BCUT2D eigenvalue weighted by molar-refractivity contribution is 5.33. The van der Waals surface area contributed by atoms with Gasteiger partial charge in [-0.05, 0) is 107 Å². The fourth-order valence-corrected chi connectivity index (χ4v) is 3.06. The Balaban J connectivity index is 1.51. The summed E-state index contributed by atoms with van der Waals surface area (Å²) in [4.78, 5) is 0. The van der Waals surface area contributed by atoms with Crippen LogP contribution in [0.2, 0.25) is 0 Å². The van der Waals surface area contributed by atoms with Gasteiger partial charge in [0.15, 0.2) is 0 Å². The minimum atomic E-state index is -0.215. The number of hydrogen-bond acceptors (Lipinski definition) is 4. The molecule has 0 aliphatic heterocycles. The highest BCUT2D eigenvalue weighted by Gasteiger charge is 2.12.